The van der Waals surface area contributed by atoms with Crippen molar-refractivity contribution in [3.8, 4) is 11.5 Å². The minimum atomic E-state index is 0.320. The quantitative estimate of drug-likeness (QED) is 0.805. The van der Waals surface area contributed by atoms with Gasteiger partial charge >= 0.3 is 0 Å². The molecule has 0 amide bonds. The van der Waals surface area contributed by atoms with Gasteiger partial charge in [-0.2, -0.15) is 0 Å². The molecule has 122 valence electrons. The fourth-order valence-corrected chi connectivity index (χ4v) is 3.33. The van der Waals surface area contributed by atoms with Gasteiger partial charge < -0.3 is 14.8 Å². The van der Waals surface area contributed by atoms with Crippen LogP contribution in [-0.4, -0.2) is 6.79 Å². The summed E-state index contributed by atoms with van der Waals surface area (Å²) < 4.78 is 11.1. The van der Waals surface area contributed by atoms with E-state index in [0.717, 1.165) is 36.4 Å². The van der Waals surface area contributed by atoms with Gasteiger partial charge in [0.15, 0.2) is 11.5 Å². The Morgan fingerprint density at radius 2 is 1.74 bits per heavy atom. The van der Waals surface area contributed by atoms with Crippen molar-refractivity contribution in [2.45, 2.75) is 39.3 Å². The Hall–Kier alpha value is -2.00. The zero-order chi connectivity index (χ0) is 16.1. The molecule has 2 aromatic carbocycles. The number of nitrogens with one attached hydrogen (secondary N) is 1. The molecule has 2 aromatic rings. The van der Waals surface area contributed by atoms with E-state index in [9.17, 15) is 0 Å². The van der Waals surface area contributed by atoms with Gasteiger partial charge in [-0.25, -0.2) is 0 Å². The number of benzene rings is 2. The SMILES string of the molecule is CCC(CC)[C@@H](NCc1cccc2c1OCO2)c1ccccc1. The van der Waals surface area contributed by atoms with E-state index in [1.165, 1.54) is 5.56 Å². The molecule has 1 aliphatic rings. The van der Waals surface area contributed by atoms with Gasteiger partial charge in [0.25, 0.3) is 0 Å². The van der Waals surface area contributed by atoms with E-state index in [1.54, 1.807) is 0 Å². The predicted octanol–water partition coefficient (Wildman–Crippen LogP) is 4.68. The molecule has 0 fully saturated rings. The summed E-state index contributed by atoms with van der Waals surface area (Å²) in [6.07, 6.45) is 2.32. The summed E-state index contributed by atoms with van der Waals surface area (Å²) in [5.41, 5.74) is 2.51. The van der Waals surface area contributed by atoms with Crippen LogP contribution in [0.2, 0.25) is 0 Å². The molecule has 3 rings (SSSR count). The van der Waals surface area contributed by atoms with Crippen LogP contribution in [-0.2, 0) is 6.54 Å². The molecule has 0 radical (unpaired) electrons. The van der Waals surface area contributed by atoms with Crippen molar-refractivity contribution in [3.63, 3.8) is 0 Å². The van der Waals surface area contributed by atoms with Gasteiger partial charge in [0.2, 0.25) is 6.79 Å². The first-order valence-electron chi connectivity index (χ1n) is 8.49. The Morgan fingerprint density at radius 1 is 0.957 bits per heavy atom. The first-order valence-corrected chi connectivity index (χ1v) is 8.49. The van der Waals surface area contributed by atoms with E-state index in [2.05, 4.69) is 55.6 Å². The molecule has 0 spiro atoms. The van der Waals surface area contributed by atoms with Crippen LogP contribution in [0.15, 0.2) is 48.5 Å². The van der Waals surface area contributed by atoms with Gasteiger partial charge in [-0.15, -0.1) is 0 Å². The lowest BCUT2D eigenvalue weighted by Gasteiger charge is -2.27. The Morgan fingerprint density at radius 3 is 2.48 bits per heavy atom. The van der Waals surface area contributed by atoms with Crippen molar-refractivity contribution in [2.24, 2.45) is 5.92 Å². The molecule has 23 heavy (non-hydrogen) atoms. The van der Waals surface area contributed by atoms with Gasteiger partial charge in [-0.3, -0.25) is 0 Å². The van der Waals surface area contributed by atoms with E-state index in [4.69, 9.17) is 9.47 Å². The molecule has 3 heteroatoms. The number of hydrogen-bond acceptors (Lipinski definition) is 3. The number of rotatable bonds is 7. The van der Waals surface area contributed by atoms with E-state index in [-0.39, 0.29) is 0 Å². The molecular weight excluding hydrogens is 286 g/mol. The number of ether oxygens (including phenoxy) is 2. The average Bonchev–Trinajstić information content (AvgIpc) is 3.09. The second kappa shape index (κ2) is 7.51. The Kier molecular flexibility index (Phi) is 5.19. The van der Waals surface area contributed by atoms with Crippen LogP contribution in [0, 0.1) is 5.92 Å². The third-order valence-electron chi connectivity index (χ3n) is 4.67. The van der Waals surface area contributed by atoms with Crippen molar-refractivity contribution in [3.05, 3.63) is 59.7 Å². The van der Waals surface area contributed by atoms with Crippen LogP contribution in [0.1, 0.15) is 43.9 Å². The first kappa shape index (κ1) is 15.9. The number of hydrogen-bond donors (Lipinski definition) is 1. The Balaban J connectivity index is 1.78. The fourth-order valence-electron chi connectivity index (χ4n) is 3.33. The van der Waals surface area contributed by atoms with Gasteiger partial charge in [0.1, 0.15) is 0 Å². The molecule has 0 saturated heterocycles. The topological polar surface area (TPSA) is 30.5 Å². The minimum absolute atomic E-state index is 0.320. The second-order valence-electron chi connectivity index (χ2n) is 6.00. The largest absolute Gasteiger partial charge is 0.454 e. The summed E-state index contributed by atoms with van der Waals surface area (Å²) >= 11 is 0. The smallest absolute Gasteiger partial charge is 0.231 e. The Labute approximate surface area is 138 Å². The highest BCUT2D eigenvalue weighted by molar-refractivity contribution is 5.48. The molecule has 3 nitrogen and oxygen atoms in total. The van der Waals surface area contributed by atoms with Gasteiger partial charge in [-0.1, -0.05) is 69.2 Å². The zero-order valence-corrected chi connectivity index (χ0v) is 13.9. The van der Waals surface area contributed by atoms with Crippen molar-refractivity contribution in [2.75, 3.05) is 6.79 Å². The number of fused-ring (bicyclic) bond motifs is 1. The highest BCUT2D eigenvalue weighted by atomic mass is 16.7. The normalized spacial score (nSPS) is 14.2. The van der Waals surface area contributed by atoms with E-state index in [1.807, 2.05) is 12.1 Å². The lowest BCUT2D eigenvalue weighted by molar-refractivity contribution is 0.173. The van der Waals surface area contributed by atoms with Crippen LogP contribution in [0.3, 0.4) is 0 Å². The summed E-state index contributed by atoms with van der Waals surface area (Å²) in [4.78, 5) is 0. The van der Waals surface area contributed by atoms with Gasteiger partial charge in [-0.05, 0) is 17.5 Å². The molecule has 1 heterocycles. The molecular formula is C20H25NO2. The van der Waals surface area contributed by atoms with Crippen molar-refractivity contribution >= 4 is 0 Å². The minimum Gasteiger partial charge on any atom is -0.454 e. The number of para-hydroxylation sites is 1. The maximum absolute atomic E-state index is 5.62. The molecule has 1 aliphatic heterocycles. The molecule has 0 aliphatic carbocycles. The maximum atomic E-state index is 5.62. The molecule has 0 aromatic heterocycles. The average molecular weight is 311 g/mol. The van der Waals surface area contributed by atoms with Crippen LogP contribution in [0.4, 0.5) is 0 Å². The van der Waals surface area contributed by atoms with Crippen LogP contribution in [0.25, 0.3) is 0 Å². The second-order valence-corrected chi connectivity index (χ2v) is 6.00. The summed E-state index contributed by atoms with van der Waals surface area (Å²) in [7, 11) is 0. The summed E-state index contributed by atoms with van der Waals surface area (Å²) in [6, 6.07) is 17.2. The van der Waals surface area contributed by atoms with Crippen LogP contribution in [0.5, 0.6) is 11.5 Å². The molecule has 1 atom stereocenters. The summed E-state index contributed by atoms with van der Waals surface area (Å²) in [5, 5.41) is 3.75. The maximum Gasteiger partial charge on any atom is 0.231 e. The Bertz CT molecular complexity index is 623. The fraction of sp³-hybridized carbons (Fsp3) is 0.400. The summed E-state index contributed by atoms with van der Waals surface area (Å²) in [6.45, 7) is 5.63. The van der Waals surface area contributed by atoms with Gasteiger partial charge in [0, 0.05) is 18.2 Å². The molecule has 0 unspecified atom stereocenters. The molecule has 0 bridgehead atoms. The predicted molar refractivity (Wildman–Crippen MR) is 92.7 cm³/mol. The highest BCUT2D eigenvalue weighted by Gasteiger charge is 2.22. The summed E-state index contributed by atoms with van der Waals surface area (Å²) in [5.74, 6) is 2.35. The van der Waals surface area contributed by atoms with Crippen molar-refractivity contribution < 1.29 is 9.47 Å². The van der Waals surface area contributed by atoms with E-state index in [0.29, 0.717) is 18.8 Å². The third-order valence-corrected chi connectivity index (χ3v) is 4.67. The lowest BCUT2D eigenvalue weighted by atomic mass is 9.88. The third kappa shape index (κ3) is 3.50. The lowest BCUT2D eigenvalue weighted by Crippen LogP contribution is -2.27. The first-order chi connectivity index (χ1) is 11.3. The van der Waals surface area contributed by atoms with Crippen LogP contribution >= 0.6 is 0 Å². The standard InChI is InChI=1S/C20H25NO2/c1-3-15(4-2)19(16-9-6-5-7-10-16)21-13-17-11-8-12-18-20(17)23-14-22-18/h5-12,15,19,21H,3-4,13-14H2,1-2H3/t19-/m1/s1. The van der Waals surface area contributed by atoms with E-state index >= 15 is 0 Å². The monoisotopic (exact) mass is 311 g/mol. The zero-order valence-electron chi connectivity index (χ0n) is 13.9. The van der Waals surface area contributed by atoms with Crippen LogP contribution < -0.4 is 14.8 Å². The van der Waals surface area contributed by atoms with Crippen molar-refractivity contribution in [1.82, 2.24) is 5.32 Å². The highest BCUT2D eigenvalue weighted by Crippen LogP contribution is 2.36. The van der Waals surface area contributed by atoms with Crippen molar-refractivity contribution in [1.29, 1.82) is 0 Å². The van der Waals surface area contributed by atoms with Gasteiger partial charge in [0.05, 0.1) is 0 Å². The van der Waals surface area contributed by atoms with E-state index < -0.39 is 0 Å². The molecule has 0 saturated carbocycles. The molecule has 1 N–H and O–H groups in total.